The van der Waals surface area contributed by atoms with Crippen LogP contribution in [-0.4, -0.2) is 10.1 Å². The highest BCUT2D eigenvalue weighted by Gasteiger charge is 2.10. The van der Waals surface area contributed by atoms with Gasteiger partial charge in [0.05, 0.1) is 11.8 Å². The van der Waals surface area contributed by atoms with E-state index in [-0.39, 0.29) is 6.10 Å². The predicted octanol–water partition coefficient (Wildman–Crippen LogP) is 4.95. The van der Waals surface area contributed by atoms with Gasteiger partial charge in [-0.2, -0.15) is 0 Å². The monoisotopic (exact) mass is 263 g/mol. The van der Waals surface area contributed by atoms with Crippen molar-refractivity contribution < 1.29 is 5.11 Å². The zero-order valence-electron chi connectivity index (χ0n) is 12.6. The van der Waals surface area contributed by atoms with Crippen LogP contribution in [0.5, 0.6) is 0 Å². The second-order valence-corrected chi connectivity index (χ2v) is 5.48. The van der Waals surface area contributed by atoms with Crippen LogP contribution in [0, 0.1) is 6.92 Å². The van der Waals surface area contributed by atoms with Crippen LogP contribution in [0.25, 0.3) is 0 Å². The molecular weight excluding hydrogens is 234 g/mol. The molecule has 0 saturated carbocycles. The van der Waals surface area contributed by atoms with Crippen LogP contribution >= 0.6 is 0 Å². The minimum atomic E-state index is -0.388. The third kappa shape index (κ3) is 6.72. The topological polar surface area (TPSA) is 33.1 Å². The first-order valence-electron chi connectivity index (χ1n) is 7.85. The standard InChI is InChI=1S/C17H29NO/c1-3-4-5-6-7-8-9-10-13-16(19)17-15(2)12-11-14-18-17/h11-12,14,16,19H,3-10,13H2,1-2H3. The molecule has 0 aliphatic heterocycles. The van der Waals surface area contributed by atoms with Crippen LogP contribution in [0.4, 0.5) is 0 Å². The van der Waals surface area contributed by atoms with Crippen molar-refractivity contribution in [1.29, 1.82) is 0 Å². The van der Waals surface area contributed by atoms with Gasteiger partial charge in [-0.05, 0) is 25.0 Å². The number of aryl methyl sites for hydroxylation is 1. The zero-order chi connectivity index (χ0) is 13.9. The lowest BCUT2D eigenvalue weighted by atomic mass is 10.0. The molecule has 0 bridgehead atoms. The van der Waals surface area contributed by atoms with E-state index in [2.05, 4.69) is 11.9 Å². The molecule has 1 aromatic rings. The number of aromatic nitrogens is 1. The quantitative estimate of drug-likeness (QED) is 0.606. The van der Waals surface area contributed by atoms with Gasteiger partial charge in [0.1, 0.15) is 0 Å². The van der Waals surface area contributed by atoms with Crippen LogP contribution in [0.15, 0.2) is 18.3 Å². The number of aliphatic hydroxyl groups excluding tert-OH is 1. The van der Waals surface area contributed by atoms with E-state index in [0.717, 1.165) is 24.1 Å². The van der Waals surface area contributed by atoms with E-state index in [1.807, 2.05) is 19.1 Å². The number of hydrogen-bond acceptors (Lipinski definition) is 2. The molecule has 0 radical (unpaired) electrons. The summed E-state index contributed by atoms with van der Waals surface area (Å²) in [6, 6.07) is 3.93. The summed E-state index contributed by atoms with van der Waals surface area (Å²) < 4.78 is 0. The Morgan fingerprint density at radius 1 is 1.05 bits per heavy atom. The molecule has 2 nitrogen and oxygen atoms in total. The Labute approximate surface area is 118 Å². The van der Waals surface area contributed by atoms with Crippen molar-refractivity contribution in [3.63, 3.8) is 0 Å². The summed E-state index contributed by atoms with van der Waals surface area (Å²) in [6.45, 7) is 4.26. The van der Waals surface area contributed by atoms with E-state index >= 15 is 0 Å². The molecule has 1 atom stereocenters. The van der Waals surface area contributed by atoms with E-state index in [1.54, 1.807) is 6.20 Å². The summed E-state index contributed by atoms with van der Waals surface area (Å²) in [6.07, 6.45) is 12.6. The first kappa shape index (κ1) is 16.2. The average molecular weight is 263 g/mol. The maximum atomic E-state index is 10.1. The maximum Gasteiger partial charge on any atom is 0.0962 e. The molecule has 19 heavy (non-hydrogen) atoms. The van der Waals surface area contributed by atoms with Crippen molar-refractivity contribution in [3.8, 4) is 0 Å². The summed E-state index contributed by atoms with van der Waals surface area (Å²) in [5.74, 6) is 0. The van der Waals surface area contributed by atoms with Crippen LogP contribution in [0.3, 0.4) is 0 Å². The smallest absolute Gasteiger partial charge is 0.0962 e. The molecule has 0 aliphatic carbocycles. The van der Waals surface area contributed by atoms with E-state index in [0.29, 0.717) is 0 Å². The molecule has 108 valence electrons. The van der Waals surface area contributed by atoms with Gasteiger partial charge < -0.3 is 5.11 Å². The van der Waals surface area contributed by atoms with Gasteiger partial charge >= 0.3 is 0 Å². The second kappa shape index (κ2) is 9.96. The van der Waals surface area contributed by atoms with Crippen molar-refractivity contribution in [1.82, 2.24) is 4.98 Å². The Morgan fingerprint density at radius 3 is 2.32 bits per heavy atom. The molecule has 0 aliphatic rings. The molecule has 0 fully saturated rings. The number of pyridine rings is 1. The van der Waals surface area contributed by atoms with Crippen LogP contribution in [0.2, 0.25) is 0 Å². The lowest BCUT2D eigenvalue weighted by Gasteiger charge is -2.12. The molecular formula is C17H29NO. The molecule has 1 aromatic heterocycles. The fraction of sp³-hybridized carbons (Fsp3) is 0.706. The third-order valence-electron chi connectivity index (χ3n) is 3.70. The third-order valence-corrected chi connectivity index (χ3v) is 3.70. The van der Waals surface area contributed by atoms with Crippen LogP contribution < -0.4 is 0 Å². The first-order chi connectivity index (χ1) is 9.25. The van der Waals surface area contributed by atoms with Crippen molar-refractivity contribution >= 4 is 0 Å². The van der Waals surface area contributed by atoms with Crippen LogP contribution in [0.1, 0.15) is 82.1 Å². The number of hydrogen-bond donors (Lipinski definition) is 1. The molecule has 0 aromatic carbocycles. The lowest BCUT2D eigenvalue weighted by Crippen LogP contribution is -2.02. The molecule has 1 heterocycles. The lowest BCUT2D eigenvalue weighted by molar-refractivity contribution is 0.158. The largest absolute Gasteiger partial charge is 0.387 e. The number of unbranched alkanes of at least 4 members (excludes halogenated alkanes) is 7. The summed E-state index contributed by atoms with van der Waals surface area (Å²) in [7, 11) is 0. The molecule has 1 rings (SSSR count). The van der Waals surface area contributed by atoms with E-state index < -0.39 is 0 Å². The van der Waals surface area contributed by atoms with Gasteiger partial charge in [-0.3, -0.25) is 4.98 Å². The molecule has 0 saturated heterocycles. The molecule has 0 spiro atoms. The van der Waals surface area contributed by atoms with Crippen molar-refractivity contribution in [2.24, 2.45) is 0 Å². The van der Waals surface area contributed by atoms with Crippen molar-refractivity contribution in [2.75, 3.05) is 0 Å². The fourth-order valence-electron chi connectivity index (χ4n) is 2.46. The normalized spacial score (nSPS) is 12.6. The van der Waals surface area contributed by atoms with Gasteiger partial charge in [-0.15, -0.1) is 0 Å². The average Bonchev–Trinajstić information content (AvgIpc) is 2.42. The Morgan fingerprint density at radius 2 is 1.68 bits per heavy atom. The maximum absolute atomic E-state index is 10.1. The Kier molecular flexibility index (Phi) is 8.48. The van der Waals surface area contributed by atoms with Crippen molar-refractivity contribution in [3.05, 3.63) is 29.6 Å². The summed E-state index contributed by atoms with van der Waals surface area (Å²) in [5, 5.41) is 10.1. The van der Waals surface area contributed by atoms with Gasteiger partial charge in [-0.1, -0.05) is 64.4 Å². The summed E-state index contributed by atoms with van der Waals surface area (Å²) in [4.78, 5) is 4.28. The molecule has 0 amide bonds. The van der Waals surface area contributed by atoms with Gasteiger partial charge in [-0.25, -0.2) is 0 Å². The SMILES string of the molecule is CCCCCCCCCCC(O)c1ncccc1C. The first-order valence-corrected chi connectivity index (χ1v) is 7.85. The van der Waals surface area contributed by atoms with Gasteiger partial charge in [0.15, 0.2) is 0 Å². The number of aliphatic hydroxyl groups is 1. The van der Waals surface area contributed by atoms with E-state index in [9.17, 15) is 5.11 Å². The minimum Gasteiger partial charge on any atom is -0.387 e. The molecule has 2 heteroatoms. The van der Waals surface area contributed by atoms with E-state index in [4.69, 9.17) is 0 Å². The molecule has 1 unspecified atom stereocenters. The highest BCUT2D eigenvalue weighted by Crippen LogP contribution is 2.21. The molecule has 1 N–H and O–H groups in total. The summed E-state index contributed by atoms with van der Waals surface area (Å²) in [5.41, 5.74) is 1.94. The Bertz CT molecular complexity index is 338. The van der Waals surface area contributed by atoms with Gasteiger partial charge in [0, 0.05) is 6.20 Å². The Hall–Kier alpha value is -0.890. The second-order valence-electron chi connectivity index (χ2n) is 5.48. The van der Waals surface area contributed by atoms with Gasteiger partial charge in [0.25, 0.3) is 0 Å². The highest BCUT2D eigenvalue weighted by molar-refractivity contribution is 5.19. The zero-order valence-corrected chi connectivity index (χ0v) is 12.6. The van der Waals surface area contributed by atoms with E-state index in [1.165, 1.54) is 44.9 Å². The van der Waals surface area contributed by atoms with Gasteiger partial charge in [0.2, 0.25) is 0 Å². The number of nitrogens with zero attached hydrogens (tertiary/aromatic N) is 1. The minimum absolute atomic E-state index is 0.388. The number of rotatable bonds is 10. The summed E-state index contributed by atoms with van der Waals surface area (Å²) >= 11 is 0. The Balaban J connectivity index is 2.08. The predicted molar refractivity (Wildman–Crippen MR) is 81.2 cm³/mol. The van der Waals surface area contributed by atoms with Crippen molar-refractivity contribution in [2.45, 2.75) is 77.7 Å². The highest BCUT2D eigenvalue weighted by atomic mass is 16.3. The fourth-order valence-corrected chi connectivity index (χ4v) is 2.46. The van der Waals surface area contributed by atoms with Crippen LogP contribution in [-0.2, 0) is 0 Å².